The highest BCUT2D eigenvalue weighted by Gasteiger charge is 2.16. The molecule has 0 saturated carbocycles. The molecule has 9 heteroatoms. The fraction of sp³-hybridized carbons (Fsp3) is 0.143. The summed E-state index contributed by atoms with van der Waals surface area (Å²) in [7, 11) is 0. The topological polar surface area (TPSA) is 111 Å². The number of nitrogens with zero attached hydrogens (tertiary/aromatic N) is 5. The minimum atomic E-state index is -0.182. The maximum absolute atomic E-state index is 12.3. The van der Waals surface area contributed by atoms with Crippen LogP contribution in [0.4, 0.5) is 5.95 Å². The molecule has 150 valence electrons. The third-order valence-electron chi connectivity index (χ3n) is 5.05. The summed E-state index contributed by atoms with van der Waals surface area (Å²) < 4.78 is 1.95. The molecule has 0 aliphatic rings. The molecule has 0 amide bonds. The first-order chi connectivity index (χ1) is 14.7. The van der Waals surface area contributed by atoms with Crippen LogP contribution in [0.5, 0.6) is 0 Å². The molecule has 0 saturated heterocycles. The van der Waals surface area contributed by atoms with Crippen LogP contribution < -0.4 is 10.5 Å². The van der Waals surface area contributed by atoms with Crippen molar-refractivity contribution in [3.05, 3.63) is 77.5 Å². The van der Waals surface area contributed by atoms with Crippen LogP contribution in [0.1, 0.15) is 12.5 Å². The Morgan fingerprint density at radius 1 is 1.17 bits per heavy atom. The first kappa shape index (κ1) is 17.9. The van der Waals surface area contributed by atoms with E-state index in [-0.39, 0.29) is 5.56 Å². The maximum atomic E-state index is 12.3. The molecule has 0 bridgehead atoms. The van der Waals surface area contributed by atoms with Crippen molar-refractivity contribution in [2.24, 2.45) is 0 Å². The molecule has 30 heavy (non-hydrogen) atoms. The highest BCUT2D eigenvalue weighted by molar-refractivity contribution is 5.84. The van der Waals surface area contributed by atoms with Gasteiger partial charge in [-0.1, -0.05) is 0 Å². The fourth-order valence-electron chi connectivity index (χ4n) is 3.56. The van der Waals surface area contributed by atoms with Crippen LogP contribution in [-0.4, -0.2) is 41.0 Å². The standard InChI is InChI=1S/C21H20N8O/c1-2-28(21-24-6-7-25-21)12-14-10-15(29-9-8-22-13-29)11-17-18(14)27-19(26-17)16-4-3-5-23-20(16)30/h3-11,13H,2,12H2,1H3,(H,23,30)(H,24,25)(H,26,27). The Kier molecular flexibility index (Phi) is 4.40. The van der Waals surface area contributed by atoms with Gasteiger partial charge in [-0.3, -0.25) is 4.79 Å². The second kappa shape index (κ2) is 7.36. The van der Waals surface area contributed by atoms with E-state index in [2.05, 4.69) is 42.8 Å². The fourth-order valence-corrected chi connectivity index (χ4v) is 3.56. The Bertz CT molecular complexity index is 1330. The van der Waals surface area contributed by atoms with Gasteiger partial charge in [-0.15, -0.1) is 0 Å². The van der Waals surface area contributed by atoms with Crippen molar-refractivity contribution in [2.75, 3.05) is 11.4 Å². The van der Waals surface area contributed by atoms with E-state index < -0.39 is 0 Å². The molecule has 4 aromatic heterocycles. The second-order valence-corrected chi connectivity index (χ2v) is 6.90. The number of hydrogen-bond acceptors (Lipinski definition) is 5. The summed E-state index contributed by atoms with van der Waals surface area (Å²) in [6, 6.07) is 7.65. The maximum Gasteiger partial charge on any atom is 0.258 e. The van der Waals surface area contributed by atoms with E-state index in [1.54, 1.807) is 37.1 Å². The van der Waals surface area contributed by atoms with Crippen molar-refractivity contribution in [2.45, 2.75) is 13.5 Å². The number of imidazole rings is 3. The van der Waals surface area contributed by atoms with Crippen molar-refractivity contribution in [1.29, 1.82) is 0 Å². The summed E-state index contributed by atoms with van der Waals surface area (Å²) in [5, 5.41) is 0. The van der Waals surface area contributed by atoms with E-state index >= 15 is 0 Å². The van der Waals surface area contributed by atoms with Gasteiger partial charge < -0.3 is 24.4 Å². The molecule has 0 aliphatic carbocycles. The highest BCUT2D eigenvalue weighted by Crippen LogP contribution is 2.26. The molecule has 1 aromatic carbocycles. The number of benzene rings is 1. The van der Waals surface area contributed by atoms with Crippen molar-refractivity contribution >= 4 is 17.0 Å². The number of aromatic nitrogens is 7. The number of rotatable bonds is 6. The molecule has 4 heterocycles. The van der Waals surface area contributed by atoms with Crippen LogP contribution >= 0.6 is 0 Å². The Labute approximate surface area is 171 Å². The first-order valence-electron chi connectivity index (χ1n) is 9.66. The summed E-state index contributed by atoms with van der Waals surface area (Å²) >= 11 is 0. The summed E-state index contributed by atoms with van der Waals surface area (Å²) in [6.07, 6.45) is 10.6. The Morgan fingerprint density at radius 2 is 2.10 bits per heavy atom. The molecular weight excluding hydrogens is 380 g/mol. The van der Waals surface area contributed by atoms with E-state index in [1.165, 1.54) is 0 Å². The van der Waals surface area contributed by atoms with Crippen LogP contribution in [0.3, 0.4) is 0 Å². The Balaban J connectivity index is 1.67. The molecule has 0 spiro atoms. The van der Waals surface area contributed by atoms with Gasteiger partial charge >= 0.3 is 0 Å². The van der Waals surface area contributed by atoms with E-state index in [1.807, 2.05) is 23.0 Å². The number of nitrogens with one attached hydrogen (secondary N) is 3. The van der Waals surface area contributed by atoms with E-state index in [9.17, 15) is 4.79 Å². The number of fused-ring (bicyclic) bond motifs is 1. The Hall–Kier alpha value is -4.14. The average Bonchev–Trinajstić information content (AvgIpc) is 3.53. The summed E-state index contributed by atoms with van der Waals surface area (Å²) in [5.41, 5.74) is 3.97. The second-order valence-electron chi connectivity index (χ2n) is 6.90. The summed E-state index contributed by atoms with van der Waals surface area (Å²) in [5.74, 6) is 1.34. The lowest BCUT2D eigenvalue weighted by Crippen LogP contribution is -2.23. The van der Waals surface area contributed by atoms with Crippen LogP contribution in [0.2, 0.25) is 0 Å². The molecular formula is C21H20N8O. The van der Waals surface area contributed by atoms with E-state index in [4.69, 9.17) is 4.98 Å². The molecule has 5 aromatic rings. The number of H-pyrrole nitrogens is 3. The SMILES string of the molecule is CCN(Cc1cc(-n2ccnc2)cc2[nH]c(-c3ccc[nH]c3=O)nc12)c1ncc[nH]1. The van der Waals surface area contributed by atoms with Crippen molar-refractivity contribution in [3.63, 3.8) is 0 Å². The summed E-state index contributed by atoms with van der Waals surface area (Å²) in [6.45, 7) is 3.47. The van der Waals surface area contributed by atoms with Gasteiger partial charge in [0.05, 0.1) is 22.9 Å². The van der Waals surface area contributed by atoms with Gasteiger partial charge in [0.1, 0.15) is 5.82 Å². The Morgan fingerprint density at radius 3 is 2.83 bits per heavy atom. The quantitative estimate of drug-likeness (QED) is 0.406. The van der Waals surface area contributed by atoms with Crippen LogP contribution in [-0.2, 0) is 6.54 Å². The third-order valence-corrected chi connectivity index (χ3v) is 5.05. The number of anilines is 1. The molecule has 0 atom stereocenters. The molecule has 0 unspecified atom stereocenters. The molecule has 0 radical (unpaired) electrons. The van der Waals surface area contributed by atoms with Gasteiger partial charge in [0.15, 0.2) is 0 Å². The smallest absolute Gasteiger partial charge is 0.258 e. The van der Waals surface area contributed by atoms with E-state index in [0.29, 0.717) is 17.9 Å². The molecule has 9 nitrogen and oxygen atoms in total. The van der Waals surface area contributed by atoms with Crippen LogP contribution in [0.15, 0.2) is 66.4 Å². The lowest BCUT2D eigenvalue weighted by atomic mass is 10.1. The molecule has 0 fully saturated rings. The zero-order valence-electron chi connectivity index (χ0n) is 16.3. The number of pyridine rings is 1. The van der Waals surface area contributed by atoms with Gasteiger partial charge in [0.25, 0.3) is 5.56 Å². The third kappa shape index (κ3) is 3.16. The van der Waals surface area contributed by atoms with Crippen LogP contribution in [0.25, 0.3) is 28.1 Å². The normalized spacial score (nSPS) is 11.2. The predicted molar refractivity (Wildman–Crippen MR) is 115 cm³/mol. The van der Waals surface area contributed by atoms with Crippen LogP contribution in [0, 0.1) is 0 Å². The minimum absolute atomic E-state index is 0.182. The lowest BCUT2D eigenvalue weighted by Gasteiger charge is -2.20. The zero-order valence-corrected chi connectivity index (χ0v) is 16.3. The number of aromatic amines is 3. The largest absolute Gasteiger partial charge is 0.338 e. The van der Waals surface area contributed by atoms with Crippen molar-refractivity contribution in [3.8, 4) is 17.1 Å². The summed E-state index contributed by atoms with van der Waals surface area (Å²) in [4.78, 5) is 36.9. The predicted octanol–water partition coefficient (Wildman–Crippen LogP) is 2.85. The van der Waals surface area contributed by atoms with Gasteiger partial charge in [-0.05, 0) is 31.2 Å². The average molecular weight is 400 g/mol. The van der Waals surface area contributed by atoms with E-state index in [0.717, 1.165) is 34.8 Å². The van der Waals surface area contributed by atoms with Gasteiger partial charge in [-0.2, -0.15) is 0 Å². The van der Waals surface area contributed by atoms with Gasteiger partial charge in [-0.25, -0.2) is 15.0 Å². The first-order valence-corrected chi connectivity index (χ1v) is 9.66. The lowest BCUT2D eigenvalue weighted by molar-refractivity contribution is 0.803. The molecule has 0 aliphatic heterocycles. The van der Waals surface area contributed by atoms with Gasteiger partial charge in [0.2, 0.25) is 5.95 Å². The zero-order chi connectivity index (χ0) is 20.5. The monoisotopic (exact) mass is 400 g/mol. The minimum Gasteiger partial charge on any atom is -0.338 e. The number of hydrogen-bond donors (Lipinski definition) is 3. The molecule has 5 rings (SSSR count). The van der Waals surface area contributed by atoms with Crippen molar-refractivity contribution < 1.29 is 0 Å². The van der Waals surface area contributed by atoms with Crippen molar-refractivity contribution in [1.82, 2.24) is 34.5 Å². The van der Waals surface area contributed by atoms with Gasteiger partial charge in [0, 0.05) is 55.3 Å². The highest BCUT2D eigenvalue weighted by atomic mass is 16.1. The molecule has 3 N–H and O–H groups in total.